The van der Waals surface area contributed by atoms with Crippen molar-refractivity contribution in [1.82, 2.24) is 10.6 Å². The Kier molecular flexibility index (Phi) is 7.05. The molecule has 3 atom stereocenters. The molecule has 0 aliphatic carbocycles. The summed E-state index contributed by atoms with van der Waals surface area (Å²) in [6.45, 7) is 1.45. The number of hydrogen-bond acceptors (Lipinski definition) is 4. The van der Waals surface area contributed by atoms with Gasteiger partial charge in [-0.25, -0.2) is 8.78 Å². The van der Waals surface area contributed by atoms with E-state index in [0.29, 0.717) is 23.1 Å². The molecule has 9 heteroatoms. The number of nitrogens with one attached hydrogen (secondary N) is 3. The molecule has 35 heavy (non-hydrogen) atoms. The van der Waals surface area contributed by atoms with Gasteiger partial charge in [0.1, 0.15) is 29.5 Å². The number of carbonyl (C=O) groups is 3. The zero-order valence-corrected chi connectivity index (χ0v) is 18.8. The van der Waals surface area contributed by atoms with Crippen LogP contribution in [0.2, 0.25) is 0 Å². The maximum Gasteiger partial charge on any atom is 0.251 e. The Morgan fingerprint density at radius 1 is 1.00 bits per heavy atom. The minimum absolute atomic E-state index is 0.131. The third-order valence-electron chi connectivity index (χ3n) is 5.47. The Morgan fingerprint density at radius 3 is 2.37 bits per heavy atom. The van der Waals surface area contributed by atoms with Gasteiger partial charge < -0.3 is 20.7 Å². The monoisotopic (exact) mass is 479 g/mol. The maximum absolute atomic E-state index is 13.4. The molecule has 3 aromatic rings. The van der Waals surface area contributed by atoms with Crippen LogP contribution in [-0.2, 0) is 20.8 Å². The van der Waals surface area contributed by atoms with Crippen LogP contribution < -0.4 is 20.7 Å². The largest absolute Gasteiger partial charge is 0.481 e. The Bertz CT molecular complexity index is 1230. The third kappa shape index (κ3) is 5.81. The lowest BCUT2D eigenvalue weighted by Gasteiger charge is -2.26. The summed E-state index contributed by atoms with van der Waals surface area (Å²) in [5.74, 6) is -2.86. The Balaban J connectivity index is 1.48. The molecule has 0 spiro atoms. The van der Waals surface area contributed by atoms with Crippen LogP contribution in [0.1, 0.15) is 24.2 Å². The number of ether oxygens (including phenoxy) is 1. The molecule has 0 fully saturated rings. The molecular weight excluding hydrogens is 456 g/mol. The van der Waals surface area contributed by atoms with E-state index < -0.39 is 47.5 Å². The number of anilines is 1. The van der Waals surface area contributed by atoms with Gasteiger partial charge in [0, 0.05) is 6.07 Å². The Hall–Kier alpha value is -4.27. The molecule has 3 N–H and O–H groups in total. The molecule has 1 aliphatic rings. The fourth-order valence-electron chi connectivity index (χ4n) is 3.80. The van der Waals surface area contributed by atoms with Crippen molar-refractivity contribution in [2.24, 2.45) is 0 Å². The van der Waals surface area contributed by atoms with Crippen molar-refractivity contribution in [2.45, 2.75) is 31.5 Å². The maximum atomic E-state index is 13.4. The molecule has 4 rings (SSSR count). The van der Waals surface area contributed by atoms with Crippen LogP contribution >= 0.6 is 0 Å². The van der Waals surface area contributed by atoms with Gasteiger partial charge in [-0.1, -0.05) is 42.5 Å². The topological polar surface area (TPSA) is 96.5 Å². The number of para-hydroxylation sites is 2. The summed E-state index contributed by atoms with van der Waals surface area (Å²) in [6, 6.07) is 16.6. The molecule has 1 aliphatic heterocycles. The molecule has 0 saturated carbocycles. The van der Waals surface area contributed by atoms with Gasteiger partial charge in [-0.3, -0.25) is 14.4 Å². The van der Waals surface area contributed by atoms with E-state index in [9.17, 15) is 23.2 Å². The molecule has 180 valence electrons. The summed E-state index contributed by atoms with van der Waals surface area (Å²) in [5.41, 5.74) is 1.28. The first-order valence-electron chi connectivity index (χ1n) is 11.0. The molecule has 0 unspecified atom stereocenters. The second kappa shape index (κ2) is 10.3. The van der Waals surface area contributed by atoms with Crippen molar-refractivity contribution in [3.05, 3.63) is 95.6 Å². The van der Waals surface area contributed by atoms with E-state index >= 15 is 0 Å². The summed E-state index contributed by atoms with van der Waals surface area (Å²) in [7, 11) is 0. The average Bonchev–Trinajstić information content (AvgIpc) is 2.95. The highest BCUT2D eigenvalue weighted by Crippen LogP contribution is 2.34. The van der Waals surface area contributed by atoms with E-state index in [-0.39, 0.29) is 12.0 Å². The van der Waals surface area contributed by atoms with Gasteiger partial charge in [0.15, 0.2) is 6.10 Å². The summed E-state index contributed by atoms with van der Waals surface area (Å²) in [6.07, 6.45) is -1.15. The minimum Gasteiger partial charge on any atom is -0.481 e. The van der Waals surface area contributed by atoms with Crippen LogP contribution in [0.5, 0.6) is 5.75 Å². The highest BCUT2D eigenvalue weighted by Gasteiger charge is 2.37. The molecule has 1 heterocycles. The molecule has 7 nitrogen and oxygen atoms in total. The Labute approximate surface area is 200 Å². The van der Waals surface area contributed by atoms with Crippen LogP contribution in [-0.4, -0.2) is 29.8 Å². The lowest BCUT2D eigenvalue weighted by Crippen LogP contribution is -2.54. The third-order valence-corrected chi connectivity index (χ3v) is 5.47. The smallest absolute Gasteiger partial charge is 0.251 e. The second-order valence-corrected chi connectivity index (χ2v) is 8.16. The van der Waals surface area contributed by atoms with E-state index in [1.165, 1.54) is 6.92 Å². The van der Waals surface area contributed by atoms with Crippen LogP contribution in [0.3, 0.4) is 0 Å². The molecule has 0 saturated heterocycles. The number of hydrogen-bond donors (Lipinski definition) is 3. The highest BCUT2D eigenvalue weighted by atomic mass is 19.1. The SMILES string of the molecule is C[C@H](NC(=O)Cc1cc(F)cc(F)c1)C(=O)N[C@@H]1C(=O)Nc2ccccc2O[C@@H]1c1ccccc1. The number of rotatable bonds is 6. The molecule has 0 bridgehead atoms. The summed E-state index contributed by atoms with van der Waals surface area (Å²) >= 11 is 0. The van der Waals surface area contributed by atoms with Crippen LogP contribution in [0.4, 0.5) is 14.5 Å². The van der Waals surface area contributed by atoms with Gasteiger partial charge >= 0.3 is 0 Å². The number of fused-ring (bicyclic) bond motifs is 1. The zero-order valence-electron chi connectivity index (χ0n) is 18.8. The summed E-state index contributed by atoms with van der Waals surface area (Å²) in [5, 5.41) is 7.92. The van der Waals surface area contributed by atoms with Crippen molar-refractivity contribution in [2.75, 3.05) is 5.32 Å². The van der Waals surface area contributed by atoms with Gasteiger partial charge in [0.25, 0.3) is 5.91 Å². The summed E-state index contributed by atoms with van der Waals surface area (Å²) in [4.78, 5) is 38.4. The van der Waals surface area contributed by atoms with Crippen molar-refractivity contribution >= 4 is 23.4 Å². The van der Waals surface area contributed by atoms with Gasteiger partial charge in [0.2, 0.25) is 11.8 Å². The predicted molar refractivity (Wildman–Crippen MR) is 124 cm³/mol. The number of halogens is 2. The van der Waals surface area contributed by atoms with Crippen molar-refractivity contribution in [1.29, 1.82) is 0 Å². The first kappa shape index (κ1) is 23.9. The van der Waals surface area contributed by atoms with Crippen LogP contribution in [0.15, 0.2) is 72.8 Å². The fraction of sp³-hybridized carbons (Fsp3) is 0.192. The highest BCUT2D eigenvalue weighted by molar-refractivity contribution is 6.00. The van der Waals surface area contributed by atoms with E-state index in [4.69, 9.17) is 4.74 Å². The standard InChI is InChI=1S/C26H23F2N3O4/c1-15(29-22(32)13-16-11-18(27)14-19(28)12-16)25(33)31-23-24(17-7-3-2-4-8-17)35-21-10-6-5-9-20(21)30-26(23)34/h2-12,14-15,23-24H,13H2,1H3,(H,29,32)(H,30,34)(H,31,33)/t15-,23-,24+/m0/s1. The fourth-order valence-corrected chi connectivity index (χ4v) is 3.80. The average molecular weight is 479 g/mol. The normalized spacial score (nSPS) is 17.7. The molecule has 0 radical (unpaired) electrons. The van der Waals surface area contributed by atoms with E-state index in [1.807, 2.05) is 6.07 Å². The van der Waals surface area contributed by atoms with Gasteiger partial charge in [-0.05, 0) is 42.3 Å². The van der Waals surface area contributed by atoms with Crippen LogP contribution in [0.25, 0.3) is 0 Å². The lowest BCUT2D eigenvalue weighted by molar-refractivity contribution is -0.131. The molecular formula is C26H23F2N3O4. The quantitative estimate of drug-likeness (QED) is 0.506. The second-order valence-electron chi connectivity index (χ2n) is 8.16. The van der Waals surface area contributed by atoms with Gasteiger partial charge in [-0.2, -0.15) is 0 Å². The van der Waals surface area contributed by atoms with E-state index in [1.54, 1.807) is 48.5 Å². The van der Waals surface area contributed by atoms with Crippen molar-refractivity contribution in [3.8, 4) is 5.75 Å². The van der Waals surface area contributed by atoms with Crippen molar-refractivity contribution in [3.63, 3.8) is 0 Å². The van der Waals surface area contributed by atoms with Gasteiger partial charge in [0.05, 0.1) is 12.1 Å². The van der Waals surface area contributed by atoms with E-state index in [2.05, 4.69) is 16.0 Å². The molecule has 0 aromatic heterocycles. The number of benzene rings is 3. The first-order valence-corrected chi connectivity index (χ1v) is 11.0. The summed E-state index contributed by atoms with van der Waals surface area (Å²) < 4.78 is 32.9. The van der Waals surface area contributed by atoms with Crippen molar-refractivity contribution < 1.29 is 27.9 Å². The number of amides is 3. The number of carbonyl (C=O) groups excluding carboxylic acids is 3. The lowest BCUT2D eigenvalue weighted by atomic mass is 10.0. The first-order chi connectivity index (χ1) is 16.8. The van der Waals surface area contributed by atoms with E-state index in [0.717, 1.165) is 12.1 Å². The van der Waals surface area contributed by atoms with Gasteiger partial charge in [-0.15, -0.1) is 0 Å². The van der Waals surface area contributed by atoms with Crippen LogP contribution in [0, 0.1) is 11.6 Å². The molecule has 3 aromatic carbocycles. The molecule has 3 amide bonds. The Morgan fingerprint density at radius 2 is 1.66 bits per heavy atom. The minimum atomic E-state index is -1.10. The zero-order chi connectivity index (χ0) is 24.9. The predicted octanol–water partition coefficient (Wildman–Crippen LogP) is 3.27.